The van der Waals surface area contributed by atoms with E-state index in [0.717, 1.165) is 63.8 Å². The van der Waals surface area contributed by atoms with Gasteiger partial charge >= 0.3 is 10.1 Å². The standard InChI is InChI=1S/C31H35NO5S2.ClH/c1-2-3-23-39(33,34)37-26-17-15-24(16-18-26)31-30(36-25-11-6-4-7-12-25)29-27(13-10-14-28(29)38-31)35-22-21-32-19-8-5-9-20-32;/h4,6-7,10-18H,2-3,5,8-9,19-23H2,1H3;1H. The highest BCUT2D eigenvalue weighted by atomic mass is 35.5. The van der Waals surface area contributed by atoms with E-state index < -0.39 is 10.1 Å². The number of unbranched alkanes of at least 4 members (excludes halogenated alkanes) is 1. The van der Waals surface area contributed by atoms with Crippen LogP contribution in [0.5, 0.6) is 23.0 Å². The topological polar surface area (TPSA) is 65.1 Å². The van der Waals surface area contributed by atoms with Crippen LogP contribution < -0.4 is 13.7 Å². The summed E-state index contributed by atoms with van der Waals surface area (Å²) in [5.74, 6) is 2.60. The summed E-state index contributed by atoms with van der Waals surface area (Å²) in [6.07, 6.45) is 5.20. The fourth-order valence-corrected chi connectivity index (χ4v) is 7.02. The number of halogens is 1. The Morgan fingerprint density at radius 3 is 2.35 bits per heavy atom. The minimum Gasteiger partial charge on any atom is -0.491 e. The predicted octanol–water partition coefficient (Wildman–Crippen LogP) is 8.16. The fourth-order valence-electron chi connectivity index (χ4n) is 4.74. The summed E-state index contributed by atoms with van der Waals surface area (Å²) in [6.45, 7) is 5.75. The zero-order valence-electron chi connectivity index (χ0n) is 22.7. The molecule has 214 valence electrons. The van der Waals surface area contributed by atoms with Gasteiger partial charge in [0.2, 0.25) is 0 Å². The Hall–Kier alpha value is -2.78. The molecular formula is C31H36ClNO5S2. The molecule has 0 saturated carbocycles. The maximum atomic E-state index is 12.3. The lowest BCUT2D eigenvalue weighted by molar-refractivity contribution is 0.184. The lowest BCUT2D eigenvalue weighted by atomic mass is 10.1. The molecule has 0 aliphatic carbocycles. The molecule has 0 radical (unpaired) electrons. The highest BCUT2D eigenvalue weighted by Crippen LogP contribution is 2.49. The zero-order chi connectivity index (χ0) is 27.1. The molecule has 4 aromatic rings. The molecule has 1 saturated heterocycles. The summed E-state index contributed by atoms with van der Waals surface area (Å²) >= 11 is 1.63. The maximum Gasteiger partial charge on any atom is 0.309 e. The highest BCUT2D eigenvalue weighted by molar-refractivity contribution is 7.87. The van der Waals surface area contributed by atoms with Gasteiger partial charge in [-0.25, -0.2) is 0 Å². The van der Waals surface area contributed by atoms with Gasteiger partial charge in [-0.2, -0.15) is 8.42 Å². The number of para-hydroxylation sites is 1. The van der Waals surface area contributed by atoms with Gasteiger partial charge < -0.3 is 13.7 Å². The highest BCUT2D eigenvalue weighted by Gasteiger charge is 2.21. The van der Waals surface area contributed by atoms with E-state index in [1.165, 1.54) is 19.3 Å². The molecule has 2 heterocycles. The first-order chi connectivity index (χ1) is 19.0. The molecule has 0 amide bonds. The van der Waals surface area contributed by atoms with Crippen LogP contribution in [0.1, 0.15) is 39.0 Å². The molecule has 40 heavy (non-hydrogen) atoms. The quantitative estimate of drug-likeness (QED) is 0.153. The number of likely N-dealkylation sites (tertiary alicyclic amines) is 1. The van der Waals surface area contributed by atoms with Gasteiger partial charge in [-0.15, -0.1) is 23.7 Å². The summed E-state index contributed by atoms with van der Waals surface area (Å²) in [7, 11) is -3.61. The maximum absolute atomic E-state index is 12.3. The Morgan fingerprint density at radius 2 is 1.62 bits per heavy atom. The van der Waals surface area contributed by atoms with Crippen LogP contribution in [0.25, 0.3) is 20.5 Å². The predicted molar refractivity (Wildman–Crippen MR) is 166 cm³/mol. The second-order valence-electron chi connectivity index (χ2n) is 9.78. The second kappa shape index (κ2) is 14.2. The lowest BCUT2D eigenvalue weighted by Crippen LogP contribution is -2.33. The molecule has 0 unspecified atom stereocenters. The Labute approximate surface area is 247 Å². The van der Waals surface area contributed by atoms with Gasteiger partial charge in [-0.1, -0.05) is 44.0 Å². The largest absolute Gasteiger partial charge is 0.491 e. The molecule has 1 aliphatic heterocycles. The van der Waals surface area contributed by atoms with Crippen LogP contribution in [0.15, 0.2) is 72.8 Å². The molecule has 9 heteroatoms. The van der Waals surface area contributed by atoms with Crippen LogP contribution in [-0.2, 0) is 10.1 Å². The molecule has 0 bridgehead atoms. The van der Waals surface area contributed by atoms with E-state index in [-0.39, 0.29) is 18.2 Å². The van der Waals surface area contributed by atoms with Crippen molar-refractivity contribution in [3.63, 3.8) is 0 Å². The third-order valence-electron chi connectivity index (χ3n) is 6.80. The lowest BCUT2D eigenvalue weighted by Gasteiger charge is -2.26. The second-order valence-corrected chi connectivity index (χ2v) is 12.5. The number of thiophene rings is 1. The van der Waals surface area contributed by atoms with Crippen molar-refractivity contribution in [2.24, 2.45) is 0 Å². The summed E-state index contributed by atoms with van der Waals surface area (Å²) in [6, 6.07) is 23.0. The van der Waals surface area contributed by atoms with Crippen molar-refractivity contribution in [3.8, 4) is 33.4 Å². The van der Waals surface area contributed by atoms with E-state index in [0.29, 0.717) is 18.8 Å². The Kier molecular flexibility index (Phi) is 10.7. The van der Waals surface area contributed by atoms with Crippen molar-refractivity contribution >= 4 is 43.9 Å². The minimum absolute atomic E-state index is 0. The number of ether oxygens (including phenoxy) is 2. The molecule has 0 spiro atoms. The summed E-state index contributed by atoms with van der Waals surface area (Å²) in [5.41, 5.74) is 0.916. The molecule has 1 fully saturated rings. The van der Waals surface area contributed by atoms with Crippen molar-refractivity contribution in [1.29, 1.82) is 0 Å². The number of piperidine rings is 1. The van der Waals surface area contributed by atoms with Crippen LogP contribution in [0.3, 0.4) is 0 Å². The van der Waals surface area contributed by atoms with Crippen molar-refractivity contribution in [2.45, 2.75) is 39.0 Å². The number of rotatable bonds is 12. The Bertz CT molecular complexity index is 1470. The van der Waals surface area contributed by atoms with Crippen molar-refractivity contribution < 1.29 is 22.1 Å². The number of fused-ring (bicyclic) bond motifs is 1. The van der Waals surface area contributed by atoms with Gasteiger partial charge in [0.25, 0.3) is 0 Å². The Morgan fingerprint density at radius 1 is 0.875 bits per heavy atom. The third-order valence-corrected chi connectivity index (χ3v) is 9.22. The van der Waals surface area contributed by atoms with Crippen LogP contribution in [0.4, 0.5) is 0 Å². The molecule has 6 nitrogen and oxygen atoms in total. The molecule has 1 aromatic heterocycles. The van der Waals surface area contributed by atoms with Crippen molar-refractivity contribution in [1.82, 2.24) is 4.90 Å². The normalized spacial score (nSPS) is 14.0. The fraction of sp³-hybridized carbons (Fsp3) is 0.355. The summed E-state index contributed by atoms with van der Waals surface area (Å²) < 4.78 is 43.7. The molecule has 1 aliphatic rings. The number of hydrogen-bond donors (Lipinski definition) is 0. The van der Waals surface area contributed by atoms with Gasteiger partial charge in [0, 0.05) is 11.2 Å². The minimum atomic E-state index is -3.61. The van der Waals surface area contributed by atoms with Crippen LogP contribution in [0.2, 0.25) is 0 Å². The van der Waals surface area contributed by atoms with Gasteiger partial charge in [0.05, 0.1) is 16.0 Å². The molecular weight excluding hydrogens is 566 g/mol. The van der Waals surface area contributed by atoms with Crippen LogP contribution >= 0.6 is 23.7 Å². The summed E-state index contributed by atoms with van der Waals surface area (Å²) in [5, 5.41) is 0.947. The van der Waals surface area contributed by atoms with E-state index in [1.54, 1.807) is 23.5 Å². The van der Waals surface area contributed by atoms with Crippen molar-refractivity contribution in [3.05, 3.63) is 72.8 Å². The van der Waals surface area contributed by atoms with E-state index in [4.69, 9.17) is 13.7 Å². The SMILES string of the molecule is CCCCS(=O)(=O)Oc1ccc(-c2sc3cccc(OCCN4CCCCC4)c3c2Oc2ccccc2)cc1.Cl. The Balaban J connectivity index is 0.00000370. The van der Waals surface area contributed by atoms with E-state index >= 15 is 0 Å². The van der Waals surface area contributed by atoms with Crippen LogP contribution in [-0.4, -0.2) is 45.3 Å². The van der Waals surface area contributed by atoms with Gasteiger partial charge in [-0.05, 0) is 86.4 Å². The zero-order valence-corrected chi connectivity index (χ0v) is 25.2. The average molecular weight is 602 g/mol. The average Bonchev–Trinajstić information content (AvgIpc) is 3.32. The molecule has 3 aromatic carbocycles. The molecule has 0 N–H and O–H groups in total. The van der Waals surface area contributed by atoms with E-state index in [1.807, 2.05) is 61.5 Å². The number of hydrogen-bond acceptors (Lipinski definition) is 7. The van der Waals surface area contributed by atoms with E-state index in [9.17, 15) is 8.42 Å². The first-order valence-electron chi connectivity index (χ1n) is 13.7. The first-order valence-corrected chi connectivity index (χ1v) is 16.1. The smallest absolute Gasteiger partial charge is 0.309 e. The molecule has 0 atom stereocenters. The first kappa shape index (κ1) is 30.2. The third kappa shape index (κ3) is 7.69. The van der Waals surface area contributed by atoms with Crippen LogP contribution in [0, 0.1) is 0 Å². The number of nitrogens with zero attached hydrogens (tertiary/aromatic N) is 1. The number of benzene rings is 3. The van der Waals surface area contributed by atoms with Gasteiger partial charge in [-0.3, -0.25) is 4.90 Å². The van der Waals surface area contributed by atoms with Gasteiger partial charge in [0.15, 0.2) is 5.75 Å². The van der Waals surface area contributed by atoms with E-state index in [2.05, 4.69) is 11.0 Å². The van der Waals surface area contributed by atoms with Gasteiger partial charge in [0.1, 0.15) is 23.9 Å². The monoisotopic (exact) mass is 601 g/mol. The molecule has 5 rings (SSSR count). The summed E-state index contributed by atoms with van der Waals surface area (Å²) in [4.78, 5) is 3.41. The van der Waals surface area contributed by atoms with Crippen molar-refractivity contribution in [2.75, 3.05) is 32.0 Å².